The number of anilines is 1. The molecule has 0 unspecified atom stereocenters. The molecule has 0 aliphatic rings. The Bertz CT molecular complexity index is 791. The first-order valence-corrected chi connectivity index (χ1v) is 7.41. The minimum Gasteiger partial charge on any atom is -0.480 e. The molecule has 11 heteroatoms. The quantitative estimate of drug-likeness (QED) is 0.385. The van der Waals surface area contributed by atoms with Crippen molar-refractivity contribution in [3.8, 4) is 0 Å². The van der Waals surface area contributed by atoms with Gasteiger partial charge in [0.15, 0.2) is 11.2 Å². The molecule has 0 amide bonds. The number of carboxylic acids is 1. The fourth-order valence-corrected chi connectivity index (χ4v) is 1.62. The number of aliphatic carboxylic acids is 1. The van der Waals surface area contributed by atoms with Crippen LogP contribution in [-0.2, 0) is 4.79 Å². The first-order valence-electron chi connectivity index (χ1n) is 7.41. The molecule has 11 nitrogen and oxygen atoms in total. The fourth-order valence-electron chi connectivity index (χ4n) is 1.62. The van der Waals surface area contributed by atoms with Crippen LogP contribution in [-0.4, -0.2) is 53.4 Å². The molecule has 2 aromatic rings. The van der Waals surface area contributed by atoms with Gasteiger partial charge in [0, 0.05) is 0 Å². The molecule has 0 bridgehead atoms. The van der Waals surface area contributed by atoms with Gasteiger partial charge in [-0.05, 0) is 12.8 Å². The number of nitrogens with zero attached hydrogens (tertiary/aromatic N) is 3. The number of aliphatic hydroxyl groups excluding tert-OH is 2. The van der Waals surface area contributed by atoms with E-state index >= 15 is 0 Å². The predicted octanol–water partition coefficient (Wildman–Crippen LogP) is -1.24. The molecule has 138 valence electrons. The highest BCUT2D eigenvalue weighted by molar-refractivity contribution is 5.73. The predicted molar refractivity (Wildman–Crippen MR) is 89.5 cm³/mol. The number of hydrogen-bond donors (Lipinski definition) is 6. The molecule has 0 saturated carbocycles. The van der Waals surface area contributed by atoms with E-state index in [9.17, 15) is 19.8 Å². The van der Waals surface area contributed by atoms with Gasteiger partial charge in [-0.3, -0.25) is 14.6 Å². The number of nitrogen functional groups attached to an aromatic ring is 1. The number of carboxylic acid groups (broad SMARTS) is 1. The van der Waals surface area contributed by atoms with Crippen molar-refractivity contribution < 1.29 is 20.1 Å². The number of carbonyl (C=O) groups is 1. The molecule has 0 spiro atoms. The minimum absolute atomic E-state index is 0.0208. The Morgan fingerprint density at radius 3 is 2.28 bits per heavy atom. The number of rotatable bonds is 4. The molecule has 0 radical (unpaired) electrons. The largest absolute Gasteiger partial charge is 0.480 e. The first kappa shape index (κ1) is 20.4. The van der Waals surface area contributed by atoms with Crippen LogP contribution < -0.4 is 17.0 Å². The summed E-state index contributed by atoms with van der Waals surface area (Å²) in [6, 6.07) is -0.713. The maximum Gasteiger partial charge on any atom is 0.320 e. The van der Waals surface area contributed by atoms with Gasteiger partial charge in [-0.2, -0.15) is 4.98 Å². The lowest BCUT2D eigenvalue weighted by Gasteiger charge is -2.12. The monoisotopic (exact) mass is 354 g/mol. The van der Waals surface area contributed by atoms with Gasteiger partial charge in [-0.25, -0.2) is 9.97 Å². The van der Waals surface area contributed by atoms with Gasteiger partial charge in [0.05, 0.1) is 18.0 Å². The van der Waals surface area contributed by atoms with E-state index in [4.69, 9.17) is 16.6 Å². The lowest BCUT2D eigenvalue weighted by atomic mass is 10.1. The molecule has 2 rings (SSSR count). The van der Waals surface area contributed by atoms with Crippen molar-refractivity contribution in [2.75, 3.05) is 5.73 Å². The highest BCUT2D eigenvalue weighted by Crippen LogP contribution is 2.14. The smallest absolute Gasteiger partial charge is 0.320 e. The molecule has 8 N–H and O–H groups in total. The Morgan fingerprint density at radius 2 is 1.84 bits per heavy atom. The zero-order chi connectivity index (χ0) is 19.3. The molecule has 0 saturated heterocycles. The summed E-state index contributed by atoms with van der Waals surface area (Å²) in [5.41, 5.74) is 10.1. The van der Waals surface area contributed by atoms with E-state index in [1.807, 2.05) is 0 Å². The van der Waals surface area contributed by atoms with Crippen LogP contribution in [0.1, 0.15) is 32.6 Å². The highest BCUT2D eigenvalue weighted by atomic mass is 16.4. The number of nitrogens with one attached hydrogen (secondary N) is 1. The van der Waals surface area contributed by atoms with Gasteiger partial charge in [-0.1, -0.05) is 13.8 Å². The lowest BCUT2D eigenvalue weighted by molar-refractivity contribution is -0.139. The molecule has 0 aromatic carbocycles. The van der Waals surface area contributed by atoms with Crippen LogP contribution in [0.5, 0.6) is 0 Å². The summed E-state index contributed by atoms with van der Waals surface area (Å²) in [7, 11) is 0. The molecule has 3 atom stereocenters. The first-order chi connectivity index (χ1) is 11.5. The second kappa shape index (κ2) is 8.46. The van der Waals surface area contributed by atoms with E-state index in [2.05, 4.69) is 19.9 Å². The van der Waals surface area contributed by atoms with Crippen molar-refractivity contribution in [3.05, 3.63) is 22.2 Å². The van der Waals surface area contributed by atoms with E-state index in [1.54, 1.807) is 13.8 Å². The van der Waals surface area contributed by atoms with E-state index in [-0.39, 0.29) is 28.7 Å². The van der Waals surface area contributed by atoms with Crippen molar-refractivity contribution in [1.82, 2.24) is 19.9 Å². The fraction of sp³-hybridized carbons (Fsp3) is 0.500. The molecule has 2 heterocycles. The highest BCUT2D eigenvalue weighted by Gasteiger charge is 2.17. The molecule has 0 aliphatic carbocycles. The molecule has 0 aliphatic heterocycles. The Hall–Kier alpha value is -2.63. The van der Waals surface area contributed by atoms with Crippen LogP contribution >= 0.6 is 0 Å². The molecule has 2 aromatic heterocycles. The number of aliphatic hydroxyl groups is 2. The van der Waals surface area contributed by atoms with Crippen LogP contribution in [0.2, 0.25) is 0 Å². The Labute approximate surface area is 142 Å². The lowest BCUT2D eigenvalue weighted by Crippen LogP contribution is -2.34. The van der Waals surface area contributed by atoms with Gasteiger partial charge in [0.25, 0.3) is 5.56 Å². The van der Waals surface area contributed by atoms with Crippen LogP contribution in [0.3, 0.4) is 0 Å². The minimum atomic E-state index is -1.20. The Morgan fingerprint density at radius 1 is 1.24 bits per heavy atom. The molecular formula is C14H22N6O5. The summed E-state index contributed by atoms with van der Waals surface area (Å²) in [6.07, 6.45) is -0.975. The van der Waals surface area contributed by atoms with Crippen LogP contribution in [0.4, 0.5) is 5.95 Å². The molecule has 0 fully saturated rings. The number of aromatic amines is 1. The standard InChI is InChI=1S/C9H11N5O3.C5H11NO2/c1-3(15)6(16)4-2-11-7-5(12-4)8(17)14-9(10)13-7;1-3(2)4(6)5(7)8/h2-3,6,15-16H,1H3,(H3,10,11,13,14,17);3-4H,6H2,1-2H3,(H,7,8)/t3-,6-;4-/m00/s1. The van der Waals surface area contributed by atoms with Crippen LogP contribution in [0.15, 0.2) is 11.0 Å². The Kier molecular flexibility index (Phi) is 6.91. The maximum atomic E-state index is 11.5. The van der Waals surface area contributed by atoms with Gasteiger partial charge in [-0.15, -0.1) is 0 Å². The van der Waals surface area contributed by atoms with E-state index in [0.29, 0.717) is 0 Å². The summed E-state index contributed by atoms with van der Waals surface area (Å²) in [4.78, 5) is 35.4. The van der Waals surface area contributed by atoms with Crippen LogP contribution in [0.25, 0.3) is 11.2 Å². The van der Waals surface area contributed by atoms with E-state index < -0.39 is 29.8 Å². The average Bonchev–Trinajstić information content (AvgIpc) is 2.53. The third kappa shape index (κ3) is 5.45. The van der Waals surface area contributed by atoms with Gasteiger partial charge >= 0.3 is 5.97 Å². The van der Waals surface area contributed by atoms with E-state index in [0.717, 1.165) is 0 Å². The summed E-state index contributed by atoms with van der Waals surface area (Å²) in [5, 5.41) is 27.0. The normalized spacial score (nSPS) is 14.5. The molecule has 25 heavy (non-hydrogen) atoms. The summed E-state index contributed by atoms with van der Waals surface area (Å²) < 4.78 is 0. The zero-order valence-electron chi connectivity index (χ0n) is 14.0. The summed E-state index contributed by atoms with van der Waals surface area (Å²) in [6.45, 7) is 4.96. The Balaban J connectivity index is 0.000000333. The second-order valence-electron chi connectivity index (χ2n) is 5.71. The van der Waals surface area contributed by atoms with Crippen molar-refractivity contribution in [2.45, 2.75) is 39.0 Å². The van der Waals surface area contributed by atoms with Crippen molar-refractivity contribution in [3.63, 3.8) is 0 Å². The maximum absolute atomic E-state index is 11.5. The van der Waals surface area contributed by atoms with Crippen molar-refractivity contribution >= 4 is 23.1 Å². The van der Waals surface area contributed by atoms with Crippen molar-refractivity contribution in [2.24, 2.45) is 11.7 Å². The average molecular weight is 354 g/mol. The summed E-state index contributed by atoms with van der Waals surface area (Å²) >= 11 is 0. The number of fused-ring (bicyclic) bond motifs is 1. The zero-order valence-corrected chi connectivity index (χ0v) is 14.0. The van der Waals surface area contributed by atoms with Gasteiger partial charge in [0.2, 0.25) is 5.95 Å². The van der Waals surface area contributed by atoms with Gasteiger partial charge < -0.3 is 26.8 Å². The number of hydrogen-bond acceptors (Lipinski definition) is 9. The van der Waals surface area contributed by atoms with Crippen LogP contribution in [0, 0.1) is 5.92 Å². The third-order valence-corrected chi connectivity index (χ3v) is 3.22. The topological polar surface area (TPSA) is 201 Å². The number of H-pyrrole nitrogens is 1. The second-order valence-corrected chi connectivity index (χ2v) is 5.71. The van der Waals surface area contributed by atoms with Crippen molar-refractivity contribution in [1.29, 1.82) is 0 Å². The number of aromatic nitrogens is 4. The third-order valence-electron chi connectivity index (χ3n) is 3.22. The SMILES string of the molecule is CC(C)[C@H](N)C(=O)O.C[C@H](O)[C@H](O)c1cnc2nc(N)[nH]c(=O)c2n1. The summed E-state index contributed by atoms with van der Waals surface area (Å²) in [5.74, 6) is -0.965. The van der Waals surface area contributed by atoms with E-state index in [1.165, 1.54) is 13.1 Å². The molecular weight excluding hydrogens is 332 g/mol. The number of nitrogens with two attached hydrogens (primary N) is 2. The van der Waals surface area contributed by atoms with Gasteiger partial charge in [0.1, 0.15) is 12.1 Å².